The van der Waals surface area contributed by atoms with Crippen molar-refractivity contribution in [3.8, 4) is 0 Å². The van der Waals surface area contributed by atoms with E-state index in [0.717, 1.165) is 12.8 Å². The summed E-state index contributed by atoms with van der Waals surface area (Å²) >= 11 is 0. The molecular formula is C18H22N3O5-. The van der Waals surface area contributed by atoms with Crippen LogP contribution in [0.15, 0.2) is 30.3 Å². The van der Waals surface area contributed by atoms with E-state index in [2.05, 4.69) is 16.2 Å². The lowest BCUT2D eigenvalue weighted by Gasteiger charge is -2.31. The van der Waals surface area contributed by atoms with Gasteiger partial charge in [0.1, 0.15) is 0 Å². The first-order chi connectivity index (χ1) is 12.5. The molecule has 0 aromatic heterocycles. The molecule has 8 nitrogen and oxygen atoms in total. The molecule has 1 fully saturated rings. The molecule has 0 unspecified atom stereocenters. The SMILES string of the molecule is O=C(CCC(=O)Nc1ccccc1)NNC(=O)[C@@H]1CCCC[C@H]1C(=O)[O-]. The number of benzene rings is 1. The van der Waals surface area contributed by atoms with Gasteiger partial charge in [0.15, 0.2) is 0 Å². The maximum absolute atomic E-state index is 12.1. The van der Waals surface area contributed by atoms with Gasteiger partial charge in [-0.3, -0.25) is 25.2 Å². The summed E-state index contributed by atoms with van der Waals surface area (Å²) in [5.41, 5.74) is 5.11. The lowest BCUT2D eigenvalue weighted by atomic mass is 9.79. The highest BCUT2D eigenvalue weighted by Crippen LogP contribution is 2.29. The highest BCUT2D eigenvalue weighted by atomic mass is 16.4. The predicted molar refractivity (Wildman–Crippen MR) is 91.0 cm³/mol. The number of anilines is 1. The van der Waals surface area contributed by atoms with Gasteiger partial charge in [-0.15, -0.1) is 0 Å². The minimum absolute atomic E-state index is 0.0400. The van der Waals surface area contributed by atoms with Gasteiger partial charge in [0, 0.05) is 36.3 Å². The molecule has 3 amide bonds. The molecule has 0 saturated heterocycles. The number of carbonyl (C=O) groups excluding carboxylic acids is 4. The first kappa shape index (κ1) is 19.4. The van der Waals surface area contributed by atoms with Gasteiger partial charge < -0.3 is 15.2 Å². The van der Waals surface area contributed by atoms with Crippen molar-refractivity contribution >= 4 is 29.4 Å². The van der Waals surface area contributed by atoms with Crippen LogP contribution in [-0.2, 0) is 19.2 Å². The molecule has 0 spiro atoms. The highest BCUT2D eigenvalue weighted by Gasteiger charge is 2.31. The van der Waals surface area contributed by atoms with E-state index in [4.69, 9.17) is 0 Å². The predicted octanol–water partition coefficient (Wildman–Crippen LogP) is 0.109. The molecule has 0 bridgehead atoms. The molecule has 1 aromatic carbocycles. The largest absolute Gasteiger partial charge is 0.550 e. The fraction of sp³-hybridized carbons (Fsp3) is 0.444. The van der Waals surface area contributed by atoms with Gasteiger partial charge in [0.25, 0.3) is 0 Å². The van der Waals surface area contributed by atoms with Crippen LogP contribution >= 0.6 is 0 Å². The Morgan fingerprint density at radius 3 is 2.15 bits per heavy atom. The molecule has 1 saturated carbocycles. The number of carbonyl (C=O) groups is 4. The van der Waals surface area contributed by atoms with Crippen molar-refractivity contribution in [1.29, 1.82) is 0 Å². The van der Waals surface area contributed by atoms with Crippen LogP contribution < -0.4 is 21.3 Å². The van der Waals surface area contributed by atoms with Crippen LogP contribution in [0.25, 0.3) is 0 Å². The summed E-state index contributed by atoms with van der Waals surface area (Å²) in [6.45, 7) is 0. The quantitative estimate of drug-likeness (QED) is 0.621. The average Bonchev–Trinajstić information content (AvgIpc) is 2.65. The molecule has 0 aliphatic heterocycles. The summed E-state index contributed by atoms with van der Waals surface area (Å²) in [5.74, 6) is -4.17. The second kappa shape index (κ2) is 9.55. The number of aliphatic carboxylic acids is 1. The first-order valence-corrected chi connectivity index (χ1v) is 8.62. The number of rotatable bonds is 6. The zero-order chi connectivity index (χ0) is 18.9. The molecule has 0 radical (unpaired) electrons. The third kappa shape index (κ3) is 5.87. The molecule has 1 aromatic rings. The summed E-state index contributed by atoms with van der Waals surface area (Å²) in [5, 5.41) is 13.8. The van der Waals surface area contributed by atoms with Crippen LogP contribution in [0.2, 0.25) is 0 Å². The monoisotopic (exact) mass is 360 g/mol. The molecule has 140 valence electrons. The molecular weight excluding hydrogens is 338 g/mol. The maximum atomic E-state index is 12.1. The van der Waals surface area contributed by atoms with Crippen molar-refractivity contribution in [3.63, 3.8) is 0 Å². The van der Waals surface area contributed by atoms with Crippen LogP contribution in [-0.4, -0.2) is 23.7 Å². The number of hydrogen-bond donors (Lipinski definition) is 3. The van der Waals surface area contributed by atoms with E-state index in [1.54, 1.807) is 24.3 Å². The van der Waals surface area contributed by atoms with Gasteiger partial charge in [-0.25, -0.2) is 0 Å². The van der Waals surface area contributed by atoms with Crippen molar-refractivity contribution in [2.24, 2.45) is 11.8 Å². The minimum atomic E-state index is -1.24. The standard InChI is InChI=1S/C18H23N3O5/c22-15(19-12-6-2-1-3-7-12)10-11-16(23)20-21-17(24)13-8-4-5-9-14(13)18(25)26/h1-3,6-7,13-14H,4-5,8-11H2,(H,19,22)(H,20,23)(H,21,24)(H,25,26)/p-1/t13-,14-/m1/s1. The minimum Gasteiger partial charge on any atom is -0.550 e. The van der Waals surface area contributed by atoms with E-state index < -0.39 is 29.6 Å². The lowest BCUT2D eigenvalue weighted by Crippen LogP contribution is -2.49. The molecule has 26 heavy (non-hydrogen) atoms. The molecule has 2 rings (SSSR count). The molecule has 0 heterocycles. The molecule has 1 aliphatic carbocycles. The fourth-order valence-corrected chi connectivity index (χ4v) is 2.99. The number of para-hydroxylation sites is 1. The zero-order valence-electron chi connectivity index (χ0n) is 14.3. The van der Waals surface area contributed by atoms with E-state index in [-0.39, 0.29) is 18.7 Å². The van der Waals surface area contributed by atoms with Gasteiger partial charge in [0.2, 0.25) is 17.7 Å². The van der Waals surface area contributed by atoms with E-state index in [9.17, 15) is 24.3 Å². The third-order valence-corrected chi connectivity index (χ3v) is 4.37. The van der Waals surface area contributed by atoms with E-state index in [1.807, 2.05) is 6.07 Å². The molecule has 2 atom stereocenters. The van der Waals surface area contributed by atoms with Crippen molar-refractivity contribution in [2.45, 2.75) is 38.5 Å². The maximum Gasteiger partial charge on any atom is 0.242 e. The molecule has 8 heteroatoms. The number of carboxylic acids is 1. The number of hydrazine groups is 1. The Morgan fingerprint density at radius 2 is 1.50 bits per heavy atom. The number of nitrogens with one attached hydrogen (secondary N) is 3. The molecule has 3 N–H and O–H groups in total. The Kier molecular flexibility index (Phi) is 7.13. The summed E-state index contributed by atoms with van der Waals surface area (Å²) < 4.78 is 0. The number of amides is 3. The summed E-state index contributed by atoms with van der Waals surface area (Å²) in [6, 6.07) is 8.85. The summed E-state index contributed by atoms with van der Waals surface area (Å²) in [6.07, 6.45) is 2.20. The van der Waals surface area contributed by atoms with Gasteiger partial charge in [-0.05, 0) is 25.0 Å². The topological polar surface area (TPSA) is 127 Å². The van der Waals surface area contributed by atoms with Gasteiger partial charge >= 0.3 is 0 Å². The Labute approximate surface area is 151 Å². The lowest BCUT2D eigenvalue weighted by molar-refractivity contribution is -0.314. The van der Waals surface area contributed by atoms with Crippen LogP contribution in [0, 0.1) is 11.8 Å². The van der Waals surface area contributed by atoms with Crippen molar-refractivity contribution < 1.29 is 24.3 Å². The van der Waals surface area contributed by atoms with E-state index in [1.165, 1.54) is 0 Å². The van der Waals surface area contributed by atoms with Gasteiger partial charge in [-0.2, -0.15) is 0 Å². The van der Waals surface area contributed by atoms with Gasteiger partial charge in [-0.1, -0.05) is 31.0 Å². The van der Waals surface area contributed by atoms with E-state index >= 15 is 0 Å². The smallest absolute Gasteiger partial charge is 0.242 e. The Morgan fingerprint density at radius 1 is 0.885 bits per heavy atom. The third-order valence-electron chi connectivity index (χ3n) is 4.37. The summed E-state index contributed by atoms with van der Waals surface area (Å²) in [4.78, 5) is 46.8. The first-order valence-electron chi connectivity index (χ1n) is 8.62. The normalized spacial score (nSPS) is 19.2. The second-order valence-electron chi connectivity index (χ2n) is 6.27. The second-order valence-corrected chi connectivity index (χ2v) is 6.27. The average molecular weight is 360 g/mol. The van der Waals surface area contributed by atoms with Crippen LogP contribution in [0.1, 0.15) is 38.5 Å². The fourth-order valence-electron chi connectivity index (χ4n) is 2.99. The number of hydrogen-bond acceptors (Lipinski definition) is 5. The zero-order valence-corrected chi connectivity index (χ0v) is 14.3. The van der Waals surface area contributed by atoms with Crippen molar-refractivity contribution in [3.05, 3.63) is 30.3 Å². The van der Waals surface area contributed by atoms with Crippen LogP contribution in [0.4, 0.5) is 5.69 Å². The summed E-state index contributed by atoms with van der Waals surface area (Å²) in [7, 11) is 0. The van der Waals surface area contributed by atoms with Crippen molar-refractivity contribution in [2.75, 3.05) is 5.32 Å². The van der Waals surface area contributed by atoms with E-state index in [0.29, 0.717) is 18.5 Å². The Bertz CT molecular complexity index is 662. The molecule has 1 aliphatic rings. The Balaban J connectivity index is 1.71. The van der Waals surface area contributed by atoms with Crippen LogP contribution in [0.5, 0.6) is 0 Å². The number of carboxylic acid groups (broad SMARTS) is 1. The van der Waals surface area contributed by atoms with Crippen molar-refractivity contribution in [1.82, 2.24) is 10.9 Å². The van der Waals surface area contributed by atoms with Crippen LogP contribution in [0.3, 0.4) is 0 Å². The highest BCUT2D eigenvalue weighted by molar-refractivity contribution is 5.93. The Hall–Kier alpha value is -2.90. The van der Waals surface area contributed by atoms with Gasteiger partial charge in [0.05, 0.1) is 0 Å².